The van der Waals surface area contributed by atoms with Gasteiger partial charge in [0.25, 0.3) is 0 Å². The number of benzene rings is 1. The minimum Gasteiger partial charge on any atom is -0.495 e. The van der Waals surface area contributed by atoms with E-state index >= 15 is 0 Å². The van der Waals surface area contributed by atoms with Crippen molar-refractivity contribution < 1.29 is 23.8 Å². The molecule has 4 rings (SSSR count). The second kappa shape index (κ2) is 7.13. The molecule has 1 atom stereocenters. The number of hydrogen-bond acceptors (Lipinski definition) is 5. The fourth-order valence-electron chi connectivity index (χ4n) is 4.23. The molecule has 0 aromatic heterocycles. The lowest BCUT2D eigenvalue weighted by molar-refractivity contribution is -0.188. The number of aryl methyl sites for hydroxylation is 1. The first-order valence-corrected chi connectivity index (χ1v) is 9.53. The summed E-state index contributed by atoms with van der Waals surface area (Å²) in [5.41, 5.74) is 1.79. The van der Waals surface area contributed by atoms with Gasteiger partial charge in [-0.2, -0.15) is 0 Å². The van der Waals surface area contributed by atoms with E-state index in [0.717, 1.165) is 11.3 Å². The number of amides is 2. The second-order valence-corrected chi connectivity index (χ2v) is 7.51. The number of likely N-dealkylation sites (tertiary alicyclic amines) is 1. The van der Waals surface area contributed by atoms with E-state index in [2.05, 4.69) is 0 Å². The molecule has 27 heavy (non-hydrogen) atoms. The van der Waals surface area contributed by atoms with E-state index in [1.165, 1.54) is 0 Å². The summed E-state index contributed by atoms with van der Waals surface area (Å²) < 4.78 is 16.9. The number of anilines is 1. The molecule has 0 N–H and O–H groups in total. The zero-order valence-electron chi connectivity index (χ0n) is 15.9. The van der Waals surface area contributed by atoms with Crippen LogP contribution in [0.5, 0.6) is 5.75 Å². The molecule has 3 aliphatic heterocycles. The standard InChI is InChI=1S/C20H26N2O5/c1-14-3-4-17(25-2)16(11-14)22-13-15(12-18(22)23)19(24)21-7-5-20(6-8-21)26-9-10-27-20/h3-4,11,15H,5-10,12-13H2,1-2H3. The Balaban J connectivity index is 1.43. The number of nitrogens with zero attached hydrogens (tertiary/aromatic N) is 2. The second-order valence-electron chi connectivity index (χ2n) is 7.51. The highest BCUT2D eigenvalue weighted by Crippen LogP contribution is 2.36. The van der Waals surface area contributed by atoms with Gasteiger partial charge in [-0.1, -0.05) is 6.07 Å². The zero-order valence-corrected chi connectivity index (χ0v) is 15.9. The van der Waals surface area contributed by atoms with Crippen LogP contribution in [0, 0.1) is 12.8 Å². The van der Waals surface area contributed by atoms with Crippen LogP contribution in [-0.2, 0) is 19.1 Å². The molecule has 1 spiro atoms. The molecule has 1 aromatic carbocycles. The van der Waals surface area contributed by atoms with Crippen LogP contribution >= 0.6 is 0 Å². The molecule has 0 aliphatic carbocycles. The third kappa shape index (κ3) is 3.41. The Morgan fingerprint density at radius 3 is 2.59 bits per heavy atom. The molecule has 0 radical (unpaired) electrons. The van der Waals surface area contributed by atoms with E-state index < -0.39 is 5.79 Å². The lowest BCUT2D eigenvalue weighted by atomic mass is 10.0. The van der Waals surface area contributed by atoms with Gasteiger partial charge in [-0.25, -0.2) is 0 Å². The van der Waals surface area contributed by atoms with Crippen LogP contribution in [0.4, 0.5) is 5.69 Å². The Hall–Kier alpha value is -2.12. The number of piperidine rings is 1. The van der Waals surface area contributed by atoms with Crippen molar-refractivity contribution in [2.45, 2.75) is 32.0 Å². The normalized spacial score (nSPS) is 24.7. The predicted octanol–water partition coefficient (Wildman–Crippen LogP) is 1.72. The van der Waals surface area contributed by atoms with Crippen LogP contribution in [0.15, 0.2) is 18.2 Å². The average molecular weight is 374 g/mol. The van der Waals surface area contributed by atoms with Crippen LogP contribution in [0.1, 0.15) is 24.8 Å². The monoisotopic (exact) mass is 374 g/mol. The molecule has 0 saturated carbocycles. The number of carbonyl (C=O) groups excluding carboxylic acids is 2. The quantitative estimate of drug-likeness (QED) is 0.806. The summed E-state index contributed by atoms with van der Waals surface area (Å²) in [4.78, 5) is 29.1. The summed E-state index contributed by atoms with van der Waals surface area (Å²) in [5, 5.41) is 0. The molecule has 3 heterocycles. The van der Waals surface area contributed by atoms with Crippen LogP contribution in [-0.4, -0.2) is 62.5 Å². The molecule has 7 heteroatoms. The van der Waals surface area contributed by atoms with E-state index in [4.69, 9.17) is 14.2 Å². The summed E-state index contributed by atoms with van der Waals surface area (Å²) >= 11 is 0. The topological polar surface area (TPSA) is 68.3 Å². The molecule has 7 nitrogen and oxygen atoms in total. The third-order valence-electron chi connectivity index (χ3n) is 5.75. The summed E-state index contributed by atoms with van der Waals surface area (Å²) in [6, 6.07) is 5.74. The van der Waals surface area contributed by atoms with Gasteiger partial charge in [0.15, 0.2) is 5.79 Å². The molecule has 3 saturated heterocycles. The first-order chi connectivity index (χ1) is 13.0. The fourth-order valence-corrected chi connectivity index (χ4v) is 4.23. The molecular formula is C20H26N2O5. The third-order valence-corrected chi connectivity index (χ3v) is 5.75. The van der Waals surface area contributed by atoms with Gasteiger partial charge < -0.3 is 24.0 Å². The maximum atomic E-state index is 13.0. The van der Waals surface area contributed by atoms with Crippen molar-refractivity contribution in [1.29, 1.82) is 0 Å². The van der Waals surface area contributed by atoms with Crippen molar-refractivity contribution in [3.63, 3.8) is 0 Å². The van der Waals surface area contributed by atoms with Gasteiger partial charge in [0, 0.05) is 38.9 Å². The van der Waals surface area contributed by atoms with E-state index in [1.54, 1.807) is 12.0 Å². The van der Waals surface area contributed by atoms with Gasteiger partial charge in [0.1, 0.15) is 5.75 Å². The highest BCUT2D eigenvalue weighted by molar-refractivity contribution is 6.01. The minimum atomic E-state index is -0.497. The van der Waals surface area contributed by atoms with E-state index in [1.807, 2.05) is 30.0 Å². The van der Waals surface area contributed by atoms with Gasteiger partial charge in [0.05, 0.1) is 31.9 Å². The largest absolute Gasteiger partial charge is 0.495 e. The van der Waals surface area contributed by atoms with E-state index in [0.29, 0.717) is 51.4 Å². The number of carbonyl (C=O) groups is 2. The van der Waals surface area contributed by atoms with Crippen LogP contribution in [0.2, 0.25) is 0 Å². The number of methoxy groups -OCH3 is 1. The fraction of sp³-hybridized carbons (Fsp3) is 0.600. The van der Waals surface area contributed by atoms with Crippen LogP contribution in [0.3, 0.4) is 0 Å². The van der Waals surface area contributed by atoms with Crippen molar-refractivity contribution in [2.75, 3.05) is 44.9 Å². The molecule has 3 aliphatic rings. The van der Waals surface area contributed by atoms with E-state index in [-0.39, 0.29) is 24.2 Å². The molecule has 2 amide bonds. The summed E-state index contributed by atoms with van der Waals surface area (Å²) in [7, 11) is 1.59. The molecule has 3 fully saturated rings. The first-order valence-electron chi connectivity index (χ1n) is 9.53. The van der Waals surface area contributed by atoms with Crippen molar-refractivity contribution in [3.05, 3.63) is 23.8 Å². The van der Waals surface area contributed by atoms with Gasteiger partial charge in [-0.05, 0) is 24.6 Å². The summed E-state index contributed by atoms with van der Waals surface area (Å²) in [5.74, 6) is -0.151. The summed E-state index contributed by atoms with van der Waals surface area (Å²) in [6.45, 7) is 4.83. The zero-order chi connectivity index (χ0) is 19.0. The average Bonchev–Trinajstić information content (AvgIpc) is 3.29. The molecule has 1 unspecified atom stereocenters. The lowest BCUT2D eigenvalue weighted by Gasteiger charge is -2.38. The van der Waals surface area contributed by atoms with Crippen molar-refractivity contribution >= 4 is 17.5 Å². The van der Waals surface area contributed by atoms with Gasteiger partial charge in [-0.3, -0.25) is 9.59 Å². The van der Waals surface area contributed by atoms with Crippen LogP contribution < -0.4 is 9.64 Å². The smallest absolute Gasteiger partial charge is 0.228 e. The summed E-state index contributed by atoms with van der Waals surface area (Å²) in [6.07, 6.45) is 1.62. The molecule has 0 bridgehead atoms. The van der Waals surface area contributed by atoms with Gasteiger partial charge >= 0.3 is 0 Å². The Kier molecular flexibility index (Phi) is 4.82. The predicted molar refractivity (Wildman–Crippen MR) is 98.6 cm³/mol. The Labute approximate surface area is 159 Å². The lowest BCUT2D eigenvalue weighted by Crippen LogP contribution is -2.49. The van der Waals surface area contributed by atoms with Gasteiger partial charge in [-0.15, -0.1) is 0 Å². The molecular weight excluding hydrogens is 348 g/mol. The van der Waals surface area contributed by atoms with Crippen LogP contribution in [0.25, 0.3) is 0 Å². The van der Waals surface area contributed by atoms with Crippen molar-refractivity contribution in [1.82, 2.24) is 4.90 Å². The van der Waals surface area contributed by atoms with Crippen molar-refractivity contribution in [2.24, 2.45) is 5.92 Å². The van der Waals surface area contributed by atoms with Gasteiger partial charge in [0.2, 0.25) is 11.8 Å². The van der Waals surface area contributed by atoms with E-state index in [9.17, 15) is 9.59 Å². The Morgan fingerprint density at radius 2 is 1.93 bits per heavy atom. The number of hydrogen-bond donors (Lipinski definition) is 0. The Bertz CT molecular complexity index is 734. The SMILES string of the molecule is COc1ccc(C)cc1N1CC(C(=O)N2CCC3(CC2)OCCO3)CC1=O. The Morgan fingerprint density at radius 1 is 1.22 bits per heavy atom. The maximum absolute atomic E-state index is 13.0. The maximum Gasteiger partial charge on any atom is 0.228 e. The highest BCUT2D eigenvalue weighted by atomic mass is 16.7. The van der Waals surface area contributed by atoms with Crippen molar-refractivity contribution in [3.8, 4) is 5.75 Å². The number of rotatable bonds is 3. The highest BCUT2D eigenvalue weighted by Gasteiger charge is 2.43. The number of ether oxygens (including phenoxy) is 3. The minimum absolute atomic E-state index is 0.0341. The molecule has 146 valence electrons. The molecule has 1 aromatic rings. The first kappa shape index (κ1) is 18.3.